The van der Waals surface area contributed by atoms with Crippen molar-refractivity contribution in [2.24, 2.45) is 0 Å². The quantitative estimate of drug-likeness (QED) is 0.296. The van der Waals surface area contributed by atoms with Crippen molar-refractivity contribution in [3.05, 3.63) is 65.0 Å². The molecule has 3 aromatic rings. The van der Waals surface area contributed by atoms with Crippen LogP contribution >= 0.6 is 18.9 Å². The number of ether oxygens (including phenoxy) is 1. The van der Waals surface area contributed by atoms with E-state index in [1.807, 2.05) is 6.92 Å². The summed E-state index contributed by atoms with van der Waals surface area (Å²) in [5, 5.41) is 9.77. The lowest BCUT2D eigenvalue weighted by Crippen LogP contribution is -2.52. The first-order valence-electron chi connectivity index (χ1n) is 10.5. The molecule has 1 aliphatic heterocycles. The first-order chi connectivity index (χ1) is 15.8. The van der Waals surface area contributed by atoms with Gasteiger partial charge in [0, 0.05) is 11.2 Å². The van der Waals surface area contributed by atoms with E-state index in [0.29, 0.717) is 22.9 Å². The molecule has 4 rings (SSSR count). The minimum atomic E-state index is -4.24. The standard InChI is InChI=1S/C23H23FNO6PS/c1-2-12-30-23(28)18-10-11-25(18)32(29,31-17-6-4-3-5-7-17)21(24)15-8-9-19-16(13-15)14-20(33-19)22(26)27/h3-9,13-14,18,21H,2,10-12H2,1H3,(H,26,27)/t18-,21-,32?/m0/s1. The van der Waals surface area contributed by atoms with Crippen molar-refractivity contribution in [3.8, 4) is 5.75 Å². The summed E-state index contributed by atoms with van der Waals surface area (Å²) in [4.78, 5) is 23.9. The average Bonchev–Trinajstić information content (AvgIpc) is 3.21. The Bertz CT molecular complexity index is 1220. The van der Waals surface area contributed by atoms with Crippen molar-refractivity contribution in [2.45, 2.75) is 31.7 Å². The van der Waals surface area contributed by atoms with Crippen LogP contribution < -0.4 is 4.52 Å². The van der Waals surface area contributed by atoms with Crippen LogP contribution in [0.25, 0.3) is 10.1 Å². The highest BCUT2D eigenvalue weighted by Crippen LogP contribution is 2.66. The van der Waals surface area contributed by atoms with Crippen LogP contribution in [0.5, 0.6) is 5.75 Å². The van der Waals surface area contributed by atoms with Crippen molar-refractivity contribution >= 4 is 40.9 Å². The zero-order chi connectivity index (χ0) is 23.6. The van der Waals surface area contributed by atoms with Gasteiger partial charge in [-0.05, 0) is 54.1 Å². The number of carboxylic acid groups (broad SMARTS) is 1. The maximum atomic E-state index is 16.0. The second kappa shape index (κ2) is 9.63. The fourth-order valence-electron chi connectivity index (χ4n) is 3.61. The lowest BCUT2D eigenvalue weighted by atomic mass is 10.1. The number of benzene rings is 2. The van der Waals surface area contributed by atoms with E-state index < -0.39 is 31.4 Å². The number of hydrogen-bond acceptors (Lipinski definition) is 6. The number of halogens is 1. The van der Waals surface area contributed by atoms with Crippen molar-refractivity contribution in [3.63, 3.8) is 0 Å². The molecule has 0 aliphatic carbocycles. The molecule has 1 aromatic heterocycles. The second-order valence-corrected chi connectivity index (χ2v) is 11.0. The highest BCUT2D eigenvalue weighted by Gasteiger charge is 2.53. The first-order valence-corrected chi connectivity index (χ1v) is 13.0. The van der Waals surface area contributed by atoms with Crippen LogP contribution in [0, 0.1) is 0 Å². The van der Waals surface area contributed by atoms with E-state index in [1.54, 1.807) is 36.4 Å². The summed E-state index contributed by atoms with van der Waals surface area (Å²) in [6, 6.07) is 13.4. The molecule has 7 nitrogen and oxygen atoms in total. The number of nitrogens with zero attached hydrogens (tertiary/aromatic N) is 1. The monoisotopic (exact) mass is 491 g/mol. The molecule has 1 saturated heterocycles. The van der Waals surface area contributed by atoms with Gasteiger partial charge in [-0.1, -0.05) is 31.2 Å². The van der Waals surface area contributed by atoms with Crippen LogP contribution in [0.4, 0.5) is 4.39 Å². The molecular weight excluding hydrogens is 468 g/mol. The van der Waals surface area contributed by atoms with Gasteiger partial charge in [0.25, 0.3) is 0 Å². The number of carbonyl (C=O) groups excluding carboxylic acids is 1. The predicted octanol–water partition coefficient (Wildman–Crippen LogP) is 5.87. The molecule has 3 atom stereocenters. The number of hydrogen-bond donors (Lipinski definition) is 1. The second-order valence-electron chi connectivity index (χ2n) is 7.65. The summed E-state index contributed by atoms with van der Waals surface area (Å²) in [7, 11) is -4.24. The molecule has 0 spiro atoms. The van der Waals surface area contributed by atoms with Gasteiger partial charge in [-0.3, -0.25) is 9.36 Å². The molecule has 2 aromatic carbocycles. The molecule has 1 aliphatic rings. The Morgan fingerprint density at radius 3 is 2.64 bits per heavy atom. The highest BCUT2D eigenvalue weighted by atomic mass is 32.1. The Morgan fingerprint density at radius 2 is 2.00 bits per heavy atom. The average molecular weight is 491 g/mol. The molecule has 2 heterocycles. The van der Waals surface area contributed by atoms with E-state index >= 15 is 4.39 Å². The van der Waals surface area contributed by atoms with Crippen molar-refractivity contribution in [2.75, 3.05) is 13.2 Å². The summed E-state index contributed by atoms with van der Waals surface area (Å²) in [5.74, 6) is -3.45. The minimum Gasteiger partial charge on any atom is -0.477 e. The van der Waals surface area contributed by atoms with E-state index in [2.05, 4.69) is 0 Å². The summed E-state index contributed by atoms with van der Waals surface area (Å²) < 4.78 is 43.1. The topological polar surface area (TPSA) is 93.1 Å². The van der Waals surface area contributed by atoms with E-state index in [9.17, 15) is 19.3 Å². The number of aromatic carboxylic acids is 1. The van der Waals surface area contributed by atoms with E-state index in [4.69, 9.17) is 9.26 Å². The Labute approximate surface area is 194 Å². The van der Waals surface area contributed by atoms with Crippen molar-refractivity contribution < 1.29 is 32.9 Å². The number of fused-ring (bicyclic) bond motifs is 1. The molecule has 1 N–H and O–H groups in total. The zero-order valence-corrected chi connectivity index (χ0v) is 19.6. The summed E-state index contributed by atoms with van der Waals surface area (Å²) in [6.07, 6.45) is 1.03. The smallest absolute Gasteiger partial charge is 0.358 e. The number of carboxylic acids is 1. The highest BCUT2D eigenvalue weighted by molar-refractivity contribution is 7.57. The maximum Gasteiger partial charge on any atom is 0.358 e. The lowest BCUT2D eigenvalue weighted by Gasteiger charge is -2.43. The number of rotatable bonds is 9. The van der Waals surface area contributed by atoms with E-state index in [-0.39, 0.29) is 29.3 Å². The van der Waals surface area contributed by atoms with Gasteiger partial charge in [0.05, 0.1) is 6.61 Å². The predicted molar refractivity (Wildman–Crippen MR) is 124 cm³/mol. The van der Waals surface area contributed by atoms with Gasteiger partial charge >= 0.3 is 19.5 Å². The molecule has 0 amide bonds. The number of esters is 1. The van der Waals surface area contributed by atoms with E-state index in [1.165, 1.54) is 22.9 Å². The molecule has 1 fully saturated rings. The number of carbonyl (C=O) groups is 2. The SMILES string of the molecule is CCCOC(=O)[C@@H]1CCN1P(=O)(Oc1ccccc1)[C@H](F)c1ccc2sc(C(=O)O)cc2c1. The van der Waals surface area contributed by atoms with Crippen LogP contribution in [0.15, 0.2) is 54.6 Å². The van der Waals surface area contributed by atoms with Crippen LogP contribution in [-0.4, -0.2) is 40.9 Å². The number of para-hydroxylation sites is 1. The Morgan fingerprint density at radius 1 is 1.24 bits per heavy atom. The van der Waals surface area contributed by atoms with Crippen LogP contribution in [0.3, 0.4) is 0 Å². The molecule has 1 unspecified atom stereocenters. The van der Waals surface area contributed by atoms with E-state index in [0.717, 1.165) is 11.3 Å². The lowest BCUT2D eigenvalue weighted by molar-refractivity contribution is -0.152. The third kappa shape index (κ3) is 4.67. The van der Waals surface area contributed by atoms with Gasteiger partial charge in [-0.25, -0.2) is 13.9 Å². The molecule has 33 heavy (non-hydrogen) atoms. The van der Waals surface area contributed by atoms with Gasteiger partial charge in [-0.15, -0.1) is 11.3 Å². The summed E-state index contributed by atoms with van der Waals surface area (Å²) >= 11 is 1.08. The molecule has 10 heteroatoms. The Hall–Kier alpha value is -2.74. The first kappa shape index (κ1) is 23.4. The summed E-state index contributed by atoms with van der Waals surface area (Å²) in [6.45, 7) is 2.32. The summed E-state index contributed by atoms with van der Waals surface area (Å²) in [5.41, 5.74) is 0.0871. The minimum absolute atomic E-state index is 0.0871. The third-order valence-corrected chi connectivity index (χ3v) is 9.00. The number of thiophene rings is 1. The van der Waals surface area contributed by atoms with Gasteiger partial charge in [0.1, 0.15) is 16.7 Å². The number of alkyl halides is 1. The molecule has 0 saturated carbocycles. The third-order valence-electron chi connectivity index (χ3n) is 5.36. The van der Waals surface area contributed by atoms with Gasteiger partial charge in [0.15, 0.2) is 0 Å². The molecule has 0 bridgehead atoms. The van der Waals surface area contributed by atoms with Crippen LogP contribution in [-0.2, 0) is 14.1 Å². The fourth-order valence-corrected chi connectivity index (χ4v) is 6.90. The Kier molecular flexibility index (Phi) is 6.83. The zero-order valence-electron chi connectivity index (χ0n) is 17.8. The van der Waals surface area contributed by atoms with Crippen molar-refractivity contribution in [1.82, 2.24) is 4.67 Å². The van der Waals surface area contributed by atoms with Gasteiger partial charge in [0.2, 0.25) is 5.91 Å². The fraction of sp³-hybridized carbons (Fsp3) is 0.304. The van der Waals surface area contributed by atoms with Gasteiger partial charge in [-0.2, -0.15) is 0 Å². The molecular formula is C23H23FNO6PS. The van der Waals surface area contributed by atoms with Crippen LogP contribution in [0.2, 0.25) is 0 Å². The largest absolute Gasteiger partial charge is 0.477 e. The van der Waals surface area contributed by atoms with Crippen molar-refractivity contribution in [1.29, 1.82) is 0 Å². The van der Waals surface area contributed by atoms with Crippen LogP contribution in [0.1, 0.15) is 40.9 Å². The molecule has 0 radical (unpaired) electrons. The normalized spacial score (nSPS) is 18.8. The maximum absolute atomic E-state index is 16.0. The van der Waals surface area contributed by atoms with Gasteiger partial charge < -0.3 is 14.4 Å². The Balaban J connectivity index is 1.69. The molecule has 174 valence electrons.